The molecule has 0 fully saturated rings. The lowest BCUT2D eigenvalue weighted by Gasteiger charge is -1.92. The van der Waals surface area contributed by atoms with Crippen LogP contribution in [0.15, 0.2) is 22.9 Å². The molecule has 58 valence electrons. The van der Waals surface area contributed by atoms with Crippen LogP contribution in [0.25, 0.3) is 11.0 Å². The number of imidazole rings is 1. The molecular formula is C8H4BrN3. The van der Waals surface area contributed by atoms with E-state index in [4.69, 9.17) is 5.26 Å². The van der Waals surface area contributed by atoms with E-state index in [0.29, 0.717) is 5.56 Å². The third-order valence-electron chi connectivity index (χ3n) is 1.61. The van der Waals surface area contributed by atoms with Crippen molar-refractivity contribution in [3.05, 3.63) is 28.5 Å². The summed E-state index contributed by atoms with van der Waals surface area (Å²) in [4.78, 5) is 6.97. The molecule has 0 aliphatic rings. The highest BCUT2D eigenvalue weighted by Gasteiger charge is 2.03. The van der Waals surface area contributed by atoms with Gasteiger partial charge in [-0.15, -0.1) is 0 Å². The number of benzene rings is 1. The maximum absolute atomic E-state index is 8.75. The van der Waals surface area contributed by atoms with Gasteiger partial charge in [0.15, 0.2) is 0 Å². The van der Waals surface area contributed by atoms with E-state index in [-0.39, 0.29) is 0 Å². The van der Waals surface area contributed by atoms with Gasteiger partial charge in [-0.25, -0.2) is 4.98 Å². The lowest BCUT2D eigenvalue weighted by Crippen LogP contribution is -1.78. The Morgan fingerprint density at radius 3 is 3.08 bits per heavy atom. The summed E-state index contributed by atoms with van der Waals surface area (Å²) in [5.74, 6) is 0. The molecule has 0 saturated carbocycles. The maximum Gasteiger partial charge on any atom is 0.106 e. The van der Waals surface area contributed by atoms with Crippen LogP contribution in [0.4, 0.5) is 0 Å². The summed E-state index contributed by atoms with van der Waals surface area (Å²) in [5.41, 5.74) is 2.18. The summed E-state index contributed by atoms with van der Waals surface area (Å²) >= 11 is 3.31. The highest BCUT2D eigenvalue weighted by molar-refractivity contribution is 9.10. The number of aromatic amines is 1. The molecule has 0 radical (unpaired) electrons. The first-order valence-electron chi connectivity index (χ1n) is 3.34. The molecule has 0 amide bonds. The van der Waals surface area contributed by atoms with E-state index in [0.717, 1.165) is 15.5 Å². The predicted molar refractivity (Wildman–Crippen MR) is 48.5 cm³/mol. The second kappa shape index (κ2) is 2.61. The Labute approximate surface area is 77.2 Å². The molecule has 0 atom stereocenters. The molecule has 0 saturated heterocycles. The molecule has 1 N–H and O–H groups in total. The van der Waals surface area contributed by atoms with Crippen LogP contribution in [-0.4, -0.2) is 9.97 Å². The summed E-state index contributed by atoms with van der Waals surface area (Å²) in [5, 5.41) is 8.75. The number of H-pyrrole nitrogens is 1. The lowest BCUT2D eigenvalue weighted by atomic mass is 10.2. The fraction of sp³-hybridized carbons (Fsp3) is 0. The van der Waals surface area contributed by atoms with Gasteiger partial charge < -0.3 is 4.98 Å². The van der Waals surface area contributed by atoms with Crippen molar-refractivity contribution in [2.75, 3.05) is 0 Å². The molecule has 0 aliphatic carbocycles. The van der Waals surface area contributed by atoms with E-state index in [9.17, 15) is 0 Å². The highest BCUT2D eigenvalue weighted by atomic mass is 79.9. The minimum Gasteiger partial charge on any atom is -0.345 e. The Balaban J connectivity index is 2.91. The summed E-state index contributed by atoms with van der Waals surface area (Å²) in [7, 11) is 0. The zero-order valence-corrected chi connectivity index (χ0v) is 7.59. The number of nitrogens with one attached hydrogen (secondary N) is 1. The fourth-order valence-electron chi connectivity index (χ4n) is 1.10. The van der Waals surface area contributed by atoms with Crippen molar-refractivity contribution in [3.8, 4) is 6.07 Å². The minimum atomic E-state index is 0.584. The molecule has 0 bridgehead atoms. The van der Waals surface area contributed by atoms with Gasteiger partial charge in [0, 0.05) is 4.47 Å². The number of aromatic nitrogens is 2. The topological polar surface area (TPSA) is 52.5 Å². The standard InChI is InChI=1S/C8H4BrN3/c9-6-1-5(3-10)8-7(2-6)11-4-12-8/h1-2,4H,(H,11,12). The molecule has 3 nitrogen and oxygen atoms in total. The Hall–Kier alpha value is -1.34. The predicted octanol–water partition coefficient (Wildman–Crippen LogP) is 2.20. The monoisotopic (exact) mass is 221 g/mol. The molecule has 12 heavy (non-hydrogen) atoms. The fourth-order valence-corrected chi connectivity index (χ4v) is 1.56. The Kier molecular flexibility index (Phi) is 1.59. The van der Waals surface area contributed by atoms with E-state index in [1.807, 2.05) is 6.07 Å². The number of rotatable bonds is 0. The van der Waals surface area contributed by atoms with Crippen LogP contribution in [-0.2, 0) is 0 Å². The van der Waals surface area contributed by atoms with Crippen molar-refractivity contribution < 1.29 is 0 Å². The number of halogens is 1. The van der Waals surface area contributed by atoms with Crippen molar-refractivity contribution in [2.45, 2.75) is 0 Å². The molecule has 2 rings (SSSR count). The van der Waals surface area contributed by atoms with Gasteiger partial charge in [-0.2, -0.15) is 5.26 Å². The SMILES string of the molecule is N#Cc1cc(Br)cc2[nH]cnc12. The number of nitrogens with zero attached hydrogens (tertiary/aromatic N) is 2. The summed E-state index contributed by atoms with van der Waals surface area (Å²) in [6, 6.07) is 5.73. The third-order valence-corrected chi connectivity index (χ3v) is 2.07. The van der Waals surface area contributed by atoms with E-state index in [2.05, 4.69) is 32.0 Å². The largest absolute Gasteiger partial charge is 0.345 e. The van der Waals surface area contributed by atoms with Crippen molar-refractivity contribution in [3.63, 3.8) is 0 Å². The van der Waals surface area contributed by atoms with Crippen LogP contribution < -0.4 is 0 Å². The van der Waals surface area contributed by atoms with Gasteiger partial charge in [0.25, 0.3) is 0 Å². The summed E-state index contributed by atoms with van der Waals surface area (Å²) < 4.78 is 0.885. The minimum absolute atomic E-state index is 0.584. The molecule has 0 unspecified atom stereocenters. The lowest BCUT2D eigenvalue weighted by molar-refractivity contribution is 1.34. The maximum atomic E-state index is 8.75. The van der Waals surface area contributed by atoms with Gasteiger partial charge in [-0.1, -0.05) is 15.9 Å². The number of fused-ring (bicyclic) bond motifs is 1. The van der Waals surface area contributed by atoms with Gasteiger partial charge in [0.05, 0.1) is 17.4 Å². The Morgan fingerprint density at radius 2 is 2.33 bits per heavy atom. The number of hydrogen-bond donors (Lipinski definition) is 1. The zero-order chi connectivity index (χ0) is 8.55. The van der Waals surface area contributed by atoms with Crippen LogP contribution in [0.3, 0.4) is 0 Å². The molecule has 0 aliphatic heterocycles. The molecular weight excluding hydrogens is 218 g/mol. The summed E-state index contributed by atoms with van der Waals surface area (Å²) in [6.45, 7) is 0. The number of hydrogen-bond acceptors (Lipinski definition) is 2. The van der Waals surface area contributed by atoms with Crippen LogP contribution in [0.5, 0.6) is 0 Å². The first kappa shape index (κ1) is 7.32. The van der Waals surface area contributed by atoms with Crippen molar-refractivity contribution >= 4 is 27.0 Å². The highest BCUT2D eigenvalue weighted by Crippen LogP contribution is 2.20. The number of nitriles is 1. The quantitative estimate of drug-likeness (QED) is 0.742. The Morgan fingerprint density at radius 1 is 1.50 bits per heavy atom. The van der Waals surface area contributed by atoms with Crippen LogP contribution in [0, 0.1) is 11.3 Å². The van der Waals surface area contributed by atoms with Crippen LogP contribution >= 0.6 is 15.9 Å². The van der Waals surface area contributed by atoms with Crippen LogP contribution in [0.1, 0.15) is 5.56 Å². The third kappa shape index (κ3) is 0.990. The average Bonchev–Trinajstić information content (AvgIpc) is 2.50. The van der Waals surface area contributed by atoms with Gasteiger partial charge in [-0.3, -0.25) is 0 Å². The molecule has 1 heterocycles. The zero-order valence-electron chi connectivity index (χ0n) is 6.00. The molecule has 1 aromatic carbocycles. The second-order valence-corrected chi connectivity index (χ2v) is 3.28. The first-order valence-corrected chi connectivity index (χ1v) is 4.13. The molecule has 4 heteroatoms. The first-order chi connectivity index (χ1) is 5.81. The normalized spacial score (nSPS) is 10.0. The van der Waals surface area contributed by atoms with E-state index < -0.39 is 0 Å². The van der Waals surface area contributed by atoms with Gasteiger partial charge in [0.2, 0.25) is 0 Å². The van der Waals surface area contributed by atoms with Gasteiger partial charge in [-0.05, 0) is 12.1 Å². The molecule has 0 spiro atoms. The van der Waals surface area contributed by atoms with Gasteiger partial charge >= 0.3 is 0 Å². The van der Waals surface area contributed by atoms with E-state index in [1.165, 1.54) is 0 Å². The van der Waals surface area contributed by atoms with Crippen LogP contribution in [0.2, 0.25) is 0 Å². The van der Waals surface area contributed by atoms with E-state index in [1.54, 1.807) is 12.4 Å². The van der Waals surface area contributed by atoms with Crippen molar-refractivity contribution in [2.24, 2.45) is 0 Å². The molecule has 1 aromatic heterocycles. The molecule has 2 aromatic rings. The van der Waals surface area contributed by atoms with Crippen molar-refractivity contribution in [1.29, 1.82) is 5.26 Å². The van der Waals surface area contributed by atoms with E-state index >= 15 is 0 Å². The summed E-state index contributed by atoms with van der Waals surface area (Å²) in [6.07, 6.45) is 1.58. The second-order valence-electron chi connectivity index (χ2n) is 2.36. The Bertz CT molecular complexity index is 467. The van der Waals surface area contributed by atoms with Crippen molar-refractivity contribution in [1.82, 2.24) is 9.97 Å². The van der Waals surface area contributed by atoms with Gasteiger partial charge in [0.1, 0.15) is 11.6 Å². The smallest absolute Gasteiger partial charge is 0.106 e. The average molecular weight is 222 g/mol.